The second kappa shape index (κ2) is 8.46. The Labute approximate surface area is 165 Å². The zero-order valence-electron chi connectivity index (χ0n) is 14.4. The Balaban J connectivity index is 1.55. The Morgan fingerprint density at radius 3 is 2.82 bits per heavy atom. The molecular formula is C17H15ClN4O5S. The Hall–Kier alpha value is -2.82. The monoisotopic (exact) mass is 422 g/mol. The van der Waals surface area contributed by atoms with Crippen LogP contribution in [-0.4, -0.2) is 36.1 Å². The van der Waals surface area contributed by atoms with Gasteiger partial charge in [0.1, 0.15) is 0 Å². The average Bonchev–Trinajstić information content (AvgIpc) is 3.14. The molecule has 9 nitrogen and oxygen atoms in total. The lowest BCUT2D eigenvalue weighted by Gasteiger charge is -2.07. The van der Waals surface area contributed by atoms with Crippen LogP contribution in [-0.2, 0) is 21.2 Å². The van der Waals surface area contributed by atoms with Crippen molar-refractivity contribution < 1.29 is 22.5 Å². The summed E-state index contributed by atoms with van der Waals surface area (Å²) in [4.78, 5) is 20.2. The number of nitrogens with zero attached hydrogens (tertiary/aromatic N) is 3. The van der Waals surface area contributed by atoms with E-state index in [1.54, 1.807) is 18.5 Å². The maximum atomic E-state index is 12.1. The molecule has 0 unspecified atom stereocenters. The highest BCUT2D eigenvalue weighted by Gasteiger charge is 2.17. The lowest BCUT2D eigenvalue weighted by Crippen LogP contribution is -2.14. The molecule has 1 aromatic carbocycles. The van der Waals surface area contributed by atoms with E-state index in [0.29, 0.717) is 24.6 Å². The van der Waals surface area contributed by atoms with Gasteiger partial charge in [-0.25, -0.2) is 18.4 Å². The minimum atomic E-state index is -3.96. The number of nitrogens with two attached hydrogens (primary N) is 1. The summed E-state index contributed by atoms with van der Waals surface area (Å²) in [6.07, 6.45) is 4.08. The summed E-state index contributed by atoms with van der Waals surface area (Å²) in [5, 5.41) is 8.99. The normalized spacial score (nSPS) is 11.4. The number of halogens is 1. The number of rotatable bonds is 7. The van der Waals surface area contributed by atoms with Gasteiger partial charge in [-0.05, 0) is 36.8 Å². The molecule has 3 rings (SSSR count). The summed E-state index contributed by atoms with van der Waals surface area (Å²) in [5.74, 6) is 0.0629. The van der Waals surface area contributed by atoms with Crippen LogP contribution < -0.4 is 5.14 Å². The number of hydrogen-bond donors (Lipinski definition) is 1. The van der Waals surface area contributed by atoms with Crippen LogP contribution in [0.3, 0.4) is 0 Å². The Morgan fingerprint density at radius 1 is 1.29 bits per heavy atom. The van der Waals surface area contributed by atoms with Gasteiger partial charge in [0.25, 0.3) is 0 Å². The van der Waals surface area contributed by atoms with Gasteiger partial charge in [-0.1, -0.05) is 16.8 Å². The molecule has 0 aliphatic heterocycles. The molecule has 0 saturated carbocycles. The molecule has 2 heterocycles. The number of sulfonamides is 1. The molecule has 0 aliphatic rings. The van der Waals surface area contributed by atoms with Gasteiger partial charge >= 0.3 is 5.97 Å². The van der Waals surface area contributed by atoms with Crippen molar-refractivity contribution in [3.63, 3.8) is 0 Å². The largest absolute Gasteiger partial charge is 0.462 e. The summed E-state index contributed by atoms with van der Waals surface area (Å²) in [6.45, 7) is 0.0549. The molecule has 2 aromatic heterocycles. The number of pyridine rings is 1. The van der Waals surface area contributed by atoms with E-state index in [1.165, 1.54) is 12.1 Å². The van der Waals surface area contributed by atoms with Crippen molar-refractivity contribution in [2.45, 2.75) is 17.7 Å². The minimum absolute atomic E-state index is 0.0549. The standard InChI is InChI=1S/C17H15ClN4O5S/c18-14-6-5-12(28(19,24)25)9-13(14)17(23)26-8-2-4-15-21-16(22-27-15)11-3-1-7-20-10-11/h1,3,5-7,9-10H,2,4,8H2,(H2,19,24,25). The fourth-order valence-electron chi connectivity index (χ4n) is 2.27. The van der Waals surface area contributed by atoms with Gasteiger partial charge in [0.15, 0.2) is 0 Å². The Bertz CT molecular complexity index is 1090. The van der Waals surface area contributed by atoms with E-state index in [9.17, 15) is 13.2 Å². The highest BCUT2D eigenvalue weighted by atomic mass is 35.5. The fraction of sp³-hybridized carbons (Fsp3) is 0.176. The highest BCUT2D eigenvalue weighted by Crippen LogP contribution is 2.21. The molecule has 146 valence electrons. The van der Waals surface area contributed by atoms with Crippen LogP contribution in [0.1, 0.15) is 22.7 Å². The van der Waals surface area contributed by atoms with E-state index in [4.69, 9.17) is 26.0 Å². The molecule has 0 aliphatic carbocycles. The van der Waals surface area contributed by atoms with Crippen LogP contribution in [0.25, 0.3) is 11.4 Å². The average molecular weight is 423 g/mol. The van der Waals surface area contributed by atoms with Crippen LogP contribution >= 0.6 is 11.6 Å². The first-order valence-corrected chi connectivity index (χ1v) is 9.99. The van der Waals surface area contributed by atoms with Gasteiger partial charge in [0.2, 0.25) is 21.7 Å². The quantitative estimate of drug-likeness (QED) is 0.451. The summed E-state index contributed by atoms with van der Waals surface area (Å²) in [5.41, 5.74) is 0.651. The summed E-state index contributed by atoms with van der Waals surface area (Å²) >= 11 is 5.94. The summed E-state index contributed by atoms with van der Waals surface area (Å²) < 4.78 is 33.1. The number of primary sulfonamides is 1. The number of hydrogen-bond acceptors (Lipinski definition) is 8. The topological polar surface area (TPSA) is 138 Å². The molecule has 3 aromatic rings. The van der Waals surface area contributed by atoms with E-state index < -0.39 is 16.0 Å². The van der Waals surface area contributed by atoms with Gasteiger partial charge in [0, 0.05) is 24.4 Å². The lowest BCUT2D eigenvalue weighted by atomic mass is 10.2. The van der Waals surface area contributed by atoms with Gasteiger partial charge in [-0.15, -0.1) is 0 Å². The number of esters is 1. The molecule has 2 N–H and O–H groups in total. The molecular weight excluding hydrogens is 408 g/mol. The summed E-state index contributed by atoms with van der Waals surface area (Å²) in [7, 11) is -3.96. The first kappa shape index (κ1) is 19.9. The molecule has 0 saturated heterocycles. The van der Waals surface area contributed by atoms with Crippen molar-refractivity contribution in [1.82, 2.24) is 15.1 Å². The number of benzene rings is 1. The van der Waals surface area contributed by atoms with Crippen molar-refractivity contribution in [2.75, 3.05) is 6.61 Å². The van der Waals surface area contributed by atoms with Crippen molar-refractivity contribution >= 4 is 27.6 Å². The molecule has 0 spiro atoms. The number of aryl methyl sites for hydroxylation is 1. The van der Waals surface area contributed by atoms with Crippen molar-refractivity contribution in [2.24, 2.45) is 5.14 Å². The maximum Gasteiger partial charge on any atom is 0.339 e. The molecule has 28 heavy (non-hydrogen) atoms. The van der Waals surface area contributed by atoms with Crippen molar-refractivity contribution in [3.8, 4) is 11.4 Å². The predicted octanol–water partition coefficient (Wildman–Crippen LogP) is 2.22. The van der Waals surface area contributed by atoms with Gasteiger partial charge in [-0.2, -0.15) is 4.98 Å². The maximum absolute atomic E-state index is 12.1. The van der Waals surface area contributed by atoms with Crippen LogP contribution in [0.15, 0.2) is 52.1 Å². The van der Waals surface area contributed by atoms with Gasteiger partial charge in [-0.3, -0.25) is 4.98 Å². The Kier molecular flexibility index (Phi) is 6.02. The van der Waals surface area contributed by atoms with Crippen LogP contribution in [0.5, 0.6) is 0 Å². The highest BCUT2D eigenvalue weighted by molar-refractivity contribution is 7.89. The number of ether oxygens (including phenoxy) is 1. The third-order valence-corrected chi connectivity index (χ3v) is 4.88. The molecule has 0 bridgehead atoms. The molecule has 0 atom stereocenters. The van der Waals surface area contributed by atoms with Crippen molar-refractivity contribution in [1.29, 1.82) is 0 Å². The minimum Gasteiger partial charge on any atom is -0.462 e. The van der Waals surface area contributed by atoms with E-state index >= 15 is 0 Å². The SMILES string of the molecule is NS(=O)(=O)c1ccc(Cl)c(C(=O)OCCCc2nc(-c3cccnc3)no2)c1. The van der Waals surface area contributed by atoms with Crippen LogP contribution in [0, 0.1) is 0 Å². The van der Waals surface area contributed by atoms with Crippen molar-refractivity contribution in [3.05, 3.63) is 59.2 Å². The summed E-state index contributed by atoms with van der Waals surface area (Å²) in [6, 6.07) is 7.14. The van der Waals surface area contributed by atoms with E-state index in [0.717, 1.165) is 11.6 Å². The van der Waals surface area contributed by atoms with E-state index in [1.807, 2.05) is 6.07 Å². The molecule has 0 radical (unpaired) electrons. The number of carbonyl (C=O) groups is 1. The number of aromatic nitrogens is 3. The molecule has 0 amide bonds. The third kappa shape index (κ3) is 4.91. The lowest BCUT2D eigenvalue weighted by molar-refractivity contribution is 0.0498. The molecule has 0 fully saturated rings. The smallest absolute Gasteiger partial charge is 0.339 e. The second-order valence-electron chi connectivity index (χ2n) is 5.68. The molecule has 11 heteroatoms. The zero-order chi connectivity index (χ0) is 20.1. The van der Waals surface area contributed by atoms with Gasteiger partial charge < -0.3 is 9.26 Å². The zero-order valence-corrected chi connectivity index (χ0v) is 16.0. The van der Waals surface area contributed by atoms with E-state index in [-0.39, 0.29) is 22.1 Å². The van der Waals surface area contributed by atoms with Crippen LogP contribution in [0.4, 0.5) is 0 Å². The first-order chi connectivity index (χ1) is 13.3. The Morgan fingerprint density at radius 2 is 2.11 bits per heavy atom. The second-order valence-corrected chi connectivity index (χ2v) is 7.65. The third-order valence-electron chi connectivity index (χ3n) is 3.64. The van der Waals surface area contributed by atoms with Gasteiger partial charge in [0.05, 0.1) is 22.1 Å². The van der Waals surface area contributed by atoms with E-state index in [2.05, 4.69) is 15.1 Å². The van der Waals surface area contributed by atoms with Crippen LogP contribution in [0.2, 0.25) is 5.02 Å². The fourth-order valence-corrected chi connectivity index (χ4v) is 3.01. The first-order valence-electron chi connectivity index (χ1n) is 8.07. The number of carbonyl (C=O) groups excluding carboxylic acids is 1. The predicted molar refractivity (Wildman–Crippen MR) is 99.0 cm³/mol.